The van der Waals surface area contributed by atoms with E-state index in [4.69, 9.17) is 0 Å². The van der Waals surface area contributed by atoms with Crippen LogP contribution in [0.3, 0.4) is 0 Å². The van der Waals surface area contributed by atoms with Crippen molar-refractivity contribution in [2.45, 2.75) is 33.2 Å². The summed E-state index contributed by atoms with van der Waals surface area (Å²) in [4.78, 5) is 20.8. The molecular weight excluding hydrogens is 344 g/mol. The molecule has 0 aliphatic heterocycles. The number of amides is 1. The van der Waals surface area contributed by atoms with Gasteiger partial charge < -0.3 is 10.6 Å². The minimum absolute atomic E-state index is 0.213. The molecule has 1 aromatic carbocycles. The van der Waals surface area contributed by atoms with Crippen molar-refractivity contribution >= 4 is 33.3 Å². The van der Waals surface area contributed by atoms with Gasteiger partial charge in [-0.25, -0.2) is 9.97 Å². The Bertz CT molecular complexity index is 695. The van der Waals surface area contributed by atoms with Gasteiger partial charge in [-0.3, -0.25) is 4.79 Å². The van der Waals surface area contributed by atoms with E-state index in [0.717, 1.165) is 10.2 Å². The van der Waals surface area contributed by atoms with Crippen LogP contribution in [-0.4, -0.2) is 21.4 Å². The fourth-order valence-electron chi connectivity index (χ4n) is 1.87. The van der Waals surface area contributed by atoms with Gasteiger partial charge in [0.25, 0.3) is 5.91 Å². The lowest BCUT2D eigenvalue weighted by molar-refractivity contribution is 0.0914. The predicted molar refractivity (Wildman–Crippen MR) is 91.4 cm³/mol. The number of nitrogens with one attached hydrogen (secondary N) is 2. The van der Waals surface area contributed by atoms with Gasteiger partial charge >= 0.3 is 0 Å². The van der Waals surface area contributed by atoms with Crippen molar-refractivity contribution in [2.75, 3.05) is 5.32 Å². The number of benzene rings is 1. The maximum absolute atomic E-state index is 12.2. The molecule has 2 N–H and O–H groups in total. The van der Waals surface area contributed by atoms with Gasteiger partial charge in [-0.1, -0.05) is 22.0 Å². The summed E-state index contributed by atoms with van der Waals surface area (Å²) in [5.41, 5.74) is 0.919. The van der Waals surface area contributed by atoms with E-state index in [1.165, 1.54) is 0 Å². The van der Waals surface area contributed by atoms with Crippen molar-refractivity contribution in [1.29, 1.82) is 0 Å². The van der Waals surface area contributed by atoms with Crippen LogP contribution < -0.4 is 10.6 Å². The summed E-state index contributed by atoms with van der Waals surface area (Å²) < 4.78 is 0.967. The SMILES string of the molecule is Cc1nc(Nc2cccc(Br)c2)cc(C(=O)NC(C)(C)C)n1. The van der Waals surface area contributed by atoms with Crippen molar-refractivity contribution in [1.82, 2.24) is 15.3 Å². The average Bonchev–Trinajstić information content (AvgIpc) is 2.36. The largest absolute Gasteiger partial charge is 0.346 e. The molecule has 2 rings (SSSR count). The minimum Gasteiger partial charge on any atom is -0.346 e. The molecule has 0 spiro atoms. The first-order valence-corrected chi connectivity index (χ1v) is 7.73. The summed E-state index contributed by atoms with van der Waals surface area (Å²) in [5, 5.41) is 6.08. The van der Waals surface area contributed by atoms with Crippen LogP contribution in [-0.2, 0) is 0 Å². The molecule has 0 bridgehead atoms. The first kappa shape index (κ1) is 16.4. The molecule has 0 fully saturated rings. The molecule has 0 radical (unpaired) electrons. The summed E-state index contributed by atoms with van der Waals surface area (Å²) in [5.74, 6) is 0.916. The van der Waals surface area contributed by atoms with Crippen LogP contribution in [0.4, 0.5) is 11.5 Å². The van der Waals surface area contributed by atoms with Gasteiger partial charge in [0.15, 0.2) is 0 Å². The summed E-state index contributed by atoms with van der Waals surface area (Å²) >= 11 is 3.42. The molecule has 5 nitrogen and oxygen atoms in total. The van der Waals surface area contributed by atoms with Gasteiger partial charge in [-0.05, 0) is 45.9 Å². The van der Waals surface area contributed by atoms with E-state index >= 15 is 0 Å². The molecule has 0 atom stereocenters. The quantitative estimate of drug-likeness (QED) is 0.870. The maximum Gasteiger partial charge on any atom is 0.270 e. The Kier molecular flexibility index (Phi) is 4.81. The van der Waals surface area contributed by atoms with Gasteiger partial charge in [0.05, 0.1) is 0 Å². The molecule has 2 aromatic rings. The predicted octanol–water partition coefficient (Wildman–Crippen LogP) is 3.82. The van der Waals surface area contributed by atoms with Gasteiger partial charge in [-0.15, -0.1) is 0 Å². The Morgan fingerprint density at radius 1 is 1.18 bits per heavy atom. The van der Waals surface area contributed by atoms with Crippen molar-refractivity contribution in [2.24, 2.45) is 0 Å². The molecule has 0 saturated heterocycles. The smallest absolute Gasteiger partial charge is 0.270 e. The Morgan fingerprint density at radius 3 is 2.55 bits per heavy atom. The highest BCUT2D eigenvalue weighted by Gasteiger charge is 2.17. The Labute approximate surface area is 138 Å². The fraction of sp³-hybridized carbons (Fsp3) is 0.312. The third kappa shape index (κ3) is 4.80. The lowest BCUT2D eigenvalue weighted by Gasteiger charge is -2.20. The Hall–Kier alpha value is -1.95. The lowest BCUT2D eigenvalue weighted by atomic mass is 10.1. The normalized spacial score (nSPS) is 11.1. The topological polar surface area (TPSA) is 66.9 Å². The third-order valence-electron chi connectivity index (χ3n) is 2.66. The van der Waals surface area contributed by atoms with Crippen LogP contribution in [0.25, 0.3) is 0 Å². The number of aryl methyl sites for hydroxylation is 1. The zero-order chi connectivity index (χ0) is 16.3. The molecule has 0 saturated carbocycles. The van der Waals surface area contributed by atoms with Gasteiger partial charge in [-0.2, -0.15) is 0 Å². The fourth-order valence-corrected chi connectivity index (χ4v) is 2.27. The number of anilines is 2. The Balaban J connectivity index is 2.25. The van der Waals surface area contributed by atoms with Crippen molar-refractivity contribution in [3.05, 3.63) is 46.3 Å². The van der Waals surface area contributed by atoms with E-state index in [-0.39, 0.29) is 11.4 Å². The van der Waals surface area contributed by atoms with Crippen LogP contribution in [0.1, 0.15) is 37.1 Å². The maximum atomic E-state index is 12.2. The molecule has 22 heavy (non-hydrogen) atoms. The number of carbonyl (C=O) groups excluding carboxylic acids is 1. The zero-order valence-corrected chi connectivity index (χ0v) is 14.7. The summed E-state index contributed by atoms with van der Waals surface area (Å²) in [6, 6.07) is 9.38. The minimum atomic E-state index is -0.312. The average molecular weight is 363 g/mol. The van der Waals surface area contributed by atoms with E-state index < -0.39 is 0 Å². The van der Waals surface area contributed by atoms with Crippen LogP contribution in [0, 0.1) is 6.92 Å². The molecule has 0 aliphatic rings. The number of aromatic nitrogens is 2. The Morgan fingerprint density at radius 2 is 1.91 bits per heavy atom. The third-order valence-corrected chi connectivity index (χ3v) is 3.15. The van der Waals surface area contributed by atoms with E-state index in [0.29, 0.717) is 17.3 Å². The van der Waals surface area contributed by atoms with Crippen molar-refractivity contribution in [3.8, 4) is 0 Å². The standard InChI is InChI=1S/C16H19BrN4O/c1-10-18-13(15(22)21-16(2,3)4)9-14(19-10)20-12-7-5-6-11(17)8-12/h5-9H,1-4H3,(H,21,22)(H,18,19,20). The monoisotopic (exact) mass is 362 g/mol. The van der Waals surface area contributed by atoms with Gasteiger partial charge in [0, 0.05) is 21.8 Å². The zero-order valence-electron chi connectivity index (χ0n) is 13.1. The highest BCUT2D eigenvalue weighted by molar-refractivity contribution is 9.10. The molecule has 0 unspecified atom stereocenters. The first-order valence-electron chi connectivity index (χ1n) is 6.94. The summed E-state index contributed by atoms with van der Waals surface area (Å²) in [6.45, 7) is 7.55. The molecule has 1 aromatic heterocycles. The number of rotatable bonds is 3. The first-order chi connectivity index (χ1) is 10.2. The van der Waals surface area contributed by atoms with Gasteiger partial charge in [0.2, 0.25) is 0 Å². The second-order valence-corrected chi connectivity index (χ2v) is 6.94. The van der Waals surface area contributed by atoms with Crippen molar-refractivity contribution in [3.63, 3.8) is 0 Å². The molecule has 0 aliphatic carbocycles. The molecule has 6 heteroatoms. The van der Waals surface area contributed by atoms with Crippen LogP contribution in [0.15, 0.2) is 34.8 Å². The highest BCUT2D eigenvalue weighted by Crippen LogP contribution is 2.20. The second kappa shape index (κ2) is 6.44. The van der Waals surface area contributed by atoms with Crippen molar-refractivity contribution < 1.29 is 4.79 Å². The number of halogens is 1. The number of hydrogen-bond donors (Lipinski definition) is 2. The van der Waals surface area contributed by atoms with Crippen LogP contribution in [0.5, 0.6) is 0 Å². The summed E-state index contributed by atoms with van der Waals surface area (Å²) in [6.07, 6.45) is 0. The number of carbonyl (C=O) groups is 1. The number of hydrogen-bond acceptors (Lipinski definition) is 4. The van der Waals surface area contributed by atoms with E-state index in [1.54, 1.807) is 13.0 Å². The van der Waals surface area contributed by atoms with Crippen LogP contribution >= 0.6 is 15.9 Å². The molecule has 116 valence electrons. The molecular formula is C16H19BrN4O. The van der Waals surface area contributed by atoms with E-state index in [1.807, 2.05) is 45.0 Å². The van der Waals surface area contributed by atoms with E-state index in [9.17, 15) is 4.79 Å². The van der Waals surface area contributed by atoms with Gasteiger partial charge in [0.1, 0.15) is 17.3 Å². The second-order valence-electron chi connectivity index (χ2n) is 6.03. The molecule has 1 heterocycles. The summed E-state index contributed by atoms with van der Waals surface area (Å²) in [7, 11) is 0. The lowest BCUT2D eigenvalue weighted by Crippen LogP contribution is -2.41. The molecule has 1 amide bonds. The van der Waals surface area contributed by atoms with Crippen LogP contribution in [0.2, 0.25) is 0 Å². The highest BCUT2D eigenvalue weighted by atomic mass is 79.9. The number of nitrogens with zero attached hydrogens (tertiary/aromatic N) is 2. The van der Waals surface area contributed by atoms with E-state index in [2.05, 4.69) is 36.5 Å².